The van der Waals surface area contributed by atoms with Gasteiger partial charge in [-0.15, -0.1) is 6.42 Å². The average molecular weight is 226 g/mol. The second kappa shape index (κ2) is 6.72. The number of urea groups is 1. The van der Waals surface area contributed by atoms with Crippen LogP contribution in [0.1, 0.15) is 13.8 Å². The molecule has 1 atom stereocenters. The van der Waals surface area contributed by atoms with Gasteiger partial charge in [0.2, 0.25) is 0 Å². The van der Waals surface area contributed by atoms with Gasteiger partial charge in [-0.05, 0) is 5.92 Å². The standard InChI is InChI=1S/C11H18N2O3/c1-5-6-13(4)11(16)12-7-9(8(2)3)10(14)15/h1,8-9H,6-7H2,2-4H3,(H,12,16)(H,14,15). The first-order valence-electron chi connectivity index (χ1n) is 5.05. The Morgan fingerprint density at radius 1 is 1.50 bits per heavy atom. The van der Waals surface area contributed by atoms with Gasteiger partial charge in [0.25, 0.3) is 0 Å². The molecule has 0 spiro atoms. The Labute approximate surface area is 95.8 Å². The molecule has 0 aromatic heterocycles. The number of carbonyl (C=O) groups excluding carboxylic acids is 1. The van der Waals surface area contributed by atoms with Crippen LogP contribution in [-0.2, 0) is 4.79 Å². The summed E-state index contributed by atoms with van der Waals surface area (Å²) in [6.07, 6.45) is 5.05. The normalized spacial score (nSPS) is 11.7. The molecule has 0 aromatic carbocycles. The molecule has 0 aromatic rings. The molecule has 5 heteroatoms. The maximum Gasteiger partial charge on any atom is 0.317 e. The molecule has 0 radical (unpaired) electrons. The lowest BCUT2D eigenvalue weighted by atomic mass is 9.96. The third-order valence-electron chi connectivity index (χ3n) is 2.27. The zero-order valence-corrected chi connectivity index (χ0v) is 9.86. The van der Waals surface area contributed by atoms with Crippen molar-refractivity contribution in [1.29, 1.82) is 0 Å². The minimum absolute atomic E-state index is 0.0317. The lowest BCUT2D eigenvalue weighted by molar-refractivity contribution is -0.142. The number of carboxylic acids is 1. The first-order valence-corrected chi connectivity index (χ1v) is 5.05. The van der Waals surface area contributed by atoms with E-state index < -0.39 is 11.9 Å². The minimum Gasteiger partial charge on any atom is -0.481 e. The predicted octanol–water partition coefficient (Wildman–Crippen LogP) is 0.618. The highest BCUT2D eigenvalue weighted by Gasteiger charge is 2.22. The van der Waals surface area contributed by atoms with Crippen molar-refractivity contribution in [3.8, 4) is 12.3 Å². The van der Waals surface area contributed by atoms with Crippen molar-refractivity contribution in [3.05, 3.63) is 0 Å². The zero-order valence-electron chi connectivity index (χ0n) is 9.86. The van der Waals surface area contributed by atoms with Crippen LogP contribution >= 0.6 is 0 Å². The molecule has 2 amide bonds. The van der Waals surface area contributed by atoms with Crippen molar-refractivity contribution in [3.63, 3.8) is 0 Å². The van der Waals surface area contributed by atoms with Crippen LogP contribution in [0.15, 0.2) is 0 Å². The highest BCUT2D eigenvalue weighted by molar-refractivity contribution is 5.76. The topological polar surface area (TPSA) is 69.6 Å². The van der Waals surface area contributed by atoms with Crippen LogP contribution in [0.5, 0.6) is 0 Å². The fraction of sp³-hybridized carbons (Fsp3) is 0.636. The quantitative estimate of drug-likeness (QED) is 0.675. The van der Waals surface area contributed by atoms with Gasteiger partial charge in [-0.25, -0.2) is 4.79 Å². The van der Waals surface area contributed by atoms with Crippen LogP contribution in [0.2, 0.25) is 0 Å². The number of carbonyl (C=O) groups is 2. The molecule has 16 heavy (non-hydrogen) atoms. The monoisotopic (exact) mass is 226 g/mol. The molecule has 0 fully saturated rings. The number of terminal acetylenes is 1. The number of hydrogen-bond acceptors (Lipinski definition) is 2. The molecule has 0 aliphatic rings. The summed E-state index contributed by atoms with van der Waals surface area (Å²) in [6.45, 7) is 3.91. The molecular formula is C11H18N2O3. The van der Waals surface area contributed by atoms with E-state index in [1.54, 1.807) is 20.9 Å². The molecule has 1 unspecified atom stereocenters. The summed E-state index contributed by atoms with van der Waals surface area (Å²) in [5.74, 6) is 0.811. The SMILES string of the molecule is C#CCN(C)C(=O)NCC(C(=O)O)C(C)C. The number of rotatable bonds is 5. The Balaban J connectivity index is 4.17. The Morgan fingerprint density at radius 3 is 2.44 bits per heavy atom. The molecule has 0 saturated heterocycles. The largest absolute Gasteiger partial charge is 0.481 e. The van der Waals surface area contributed by atoms with Crippen LogP contribution in [0.25, 0.3) is 0 Å². The van der Waals surface area contributed by atoms with Gasteiger partial charge < -0.3 is 15.3 Å². The number of nitrogens with zero attached hydrogens (tertiary/aromatic N) is 1. The summed E-state index contributed by atoms with van der Waals surface area (Å²) in [7, 11) is 1.56. The van der Waals surface area contributed by atoms with Crippen molar-refractivity contribution in [2.24, 2.45) is 11.8 Å². The van der Waals surface area contributed by atoms with Gasteiger partial charge in [-0.3, -0.25) is 4.79 Å². The van der Waals surface area contributed by atoms with E-state index >= 15 is 0 Å². The molecule has 0 aliphatic heterocycles. The fourth-order valence-corrected chi connectivity index (χ4v) is 1.15. The zero-order chi connectivity index (χ0) is 12.7. The summed E-state index contributed by atoms with van der Waals surface area (Å²) >= 11 is 0. The van der Waals surface area contributed by atoms with Crippen molar-refractivity contribution in [2.75, 3.05) is 20.1 Å². The van der Waals surface area contributed by atoms with E-state index in [2.05, 4.69) is 11.2 Å². The van der Waals surface area contributed by atoms with Crippen LogP contribution in [0.3, 0.4) is 0 Å². The van der Waals surface area contributed by atoms with Crippen molar-refractivity contribution in [1.82, 2.24) is 10.2 Å². The smallest absolute Gasteiger partial charge is 0.317 e. The summed E-state index contributed by atoms with van der Waals surface area (Å²) in [5, 5.41) is 11.4. The van der Waals surface area contributed by atoms with Gasteiger partial charge in [0.1, 0.15) is 0 Å². The van der Waals surface area contributed by atoms with Gasteiger partial charge in [0, 0.05) is 13.6 Å². The number of nitrogens with one attached hydrogen (secondary N) is 1. The van der Waals surface area contributed by atoms with Crippen LogP contribution in [0, 0.1) is 24.2 Å². The van der Waals surface area contributed by atoms with Gasteiger partial charge in [0.15, 0.2) is 0 Å². The first-order chi connectivity index (χ1) is 7.40. The molecule has 0 saturated carbocycles. The molecular weight excluding hydrogens is 208 g/mol. The highest BCUT2D eigenvalue weighted by Crippen LogP contribution is 2.09. The molecule has 5 nitrogen and oxygen atoms in total. The second-order valence-corrected chi connectivity index (χ2v) is 3.93. The van der Waals surface area contributed by atoms with Crippen LogP contribution < -0.4 is 5.32 Å². The summed E-state index contributed by atoms with van der Waals surface area (Å²) in [5.41, 5.74) is 0. The minimum atomic E-state index is -0.907. The van der Waals surface area contributed by atoms with Crippen molar-refractivity contribution < 1.29 is 14.7 Å². The highest BCUT2D eigenvalue weighted by atomic mass is 16.4. The van der Waals surface area contributed by atoms with E-state index in [0.29, 0.717) is 0 Å². The van der Waals surface area contributed by atoms with Crippen LogP contribution in [0.4, 0.5) is 4.79 Å². The molecule has 2 N–H and O–H groups in total. The van der Waals surface area contributed by atoms with E-state index in [4.69, 9.17) is 11.5 Å². The summed E-state index contributed by atoms with van der Waals surface area (Å²) in [4.78, 5) is 23.6. The Bertz CT molecular complexity index is 294. The lowest BCUT2D eigenvalue weighted by Gasteiger charge is -2.19. The van der Waals surface area contributed by atoms with Crippen LogP contribution in [-0.4, -0.2) is 42.1 Å². The van der Waals surface area contributed by atoms with E-state index in [1.807, 2.05) is 0 Å². The third kappa shape index (κ3) is 4.69. The predicted molar refractivity (Wildman–Crippen MR) is 60.8 cm³/mol. The van der Waals surface area contributed by atoms with E-state index in [-0.39, 0.29) is 25.0 Å². The van der Waals surface area contributed by atoms with E-state index in [9.17, 15) is 9.59 Å². The van der Waals surface area contributed by atoms with Gasteiger partial charge in [-0.1, -0.05) is 19.8 Å². The van der Waals surface area contributed by atoms with E-state index in [0.717, 1.165) is 0 Å². The first kappa shape index (κ1) is 14.3. The van der Waals surface area contributed by atoms with Crippen molar-refractivity contribution in [2.45, 2.75) is 13.8 Å². The molecule has 0 bridgehead atoms. The van der Waals surface area contributed by atoms with Gasteiger partial charge >= 0.3 is 12.0 Å². The van der Waals surface area contributed by atoms with Gasteiger partial charge in [-0.2, -0.15) is 0 Å². The second-order valence-electron chi connectivity index (χ2n) is 3.93. The molecule has 0 aliphatic carbocycles. The molecule has 0 heterocycles. The third-order valence-corrected chi connectivity index (χ3v) is 2.27. The van der Waals surface area contributed by atoms with Crippen molar-refractivity contribution >= 4 is 12.0 Å². The number of aliphatic carboxylic acids is 1. The fourth-order valence-electron chi connectivity index (χ4n) is 1.15. The number of hydrogen-bond donors (Lipinski definition) is 2. The molecule has 90 valence electrons. The summed E-state index contributed by atoms with van der Waals surface area (Å²) in [6, 6.07) is -0.357. The average Bonchev–Trinajstić information content (AvgIpc) is 2.16. The lowest BCUT2D eigenvalue weighted by Crippen LogP contribution is -2.42. The Kier molecular flexibility index (Phi) is 6.01. The maximum atomic E-state index is 11.4. The molecule has 0 rings (SSSR count). The van der Waals surface area contributed by atoms with E-state index in [1.165, 1.54) is 4.90 Å². The Hall–Kier alpha value is -1.70. The Morgan fingerprint density at radius 2 is 2.06 bits per heavy atom. The maximum absolute atomic E-state index is 11.4. The number of amides is 2. The summed E-state index contributed by atoms with van der Waals surface area (Å²) < 4.78 is 0. The number of carboxylic acid groups (broad SMARTS) is 1. The van der Waals surface area contributed by atoms with Gasteiger partial charge in [0.05, 0.1) is 12.5 Å².